The summed E-state index contributed by atoms with van der Waals surface area (Å²) in [7, 11) is 2.22. The highest BCUT2D eigenvalue weighted by Gasteiger charge is 2.20. The van der Waals surface area contributed by atoms with Crippen molar-refractivity contribution in [3.63, 3.8) is 0 Å². The molecule has 0 amide bonds. The van der Waals surface area contributed by atoms with Gasteiger partial charge in [-0.25, -0.2) is 4.98 Å². The average molecular weight is 281 g/mol. The van der Waals surface area contributed by atoms with Gasteiger partial charge >= 0.3 is 0 Å². The van der Waals surface area contributed by atoms with E-state index >= 15 is 0 Å². The number of nitrogens with one attached hydrogen (secondary N) is 1. The van der Waals surface area contributed by atoms with E-state index in [9.17, 15) is 0 Å². The molecule has 1 aliphatic rings. The van der Waals surface area contributed by atoms with Crippen molar-refractivity contribution in [1.29, 1.82) is 0 Å². The van der Waals surface area contributed by atoms with Gasteiger partial charge in [0.15, 0.2) is 5.13 Å². The average Bonchev–Trinajstić information content (AvgIpc) is 2.74. The molecule has 1 N–H and O–H groups in total. The molecule has 1 aromatic heterocycles. The molecular formula is C15H27N3S. The molecule has 0 spiro atoms. The van der Waals surface area contributed by atoms with Gasteiger partial charge in [0, 0.05) is 24.5 Å². The van der Waals surface area contributed by atoms with E-state index in [1.807, 2.05) is 0 Å². The molecule has 1 atom stereocenters. The zero-order valence-electron chi connectivity index (χ0n) is 12.5. The van der Waals surface area contributed by atoms with Crippen LogP contribution in [0.1, 0.15) is 64.1 Å². The van der Waals surface area contributed by atoms with E-state index in [1.54, 1.807) is 11.3 Å². The Bertz CT molecular complexity index is 369. The summed E-state index contributed by atoms with van der Waals surface area (Å²) in [5.41, 5.74) is 1.18. The van der Waals surface area contributed by atoms with Crippen LogP contribution < -0.4 is 10.2 Å². The molecule has 0 bridgehead atoms. The van der Waals surface area contributed by atoms with Crippen LogP contribution in [0.3, 0.4) is 0 Å². The van der Waals surface area contributed by atoms with Gasteiger partial charge in [-0.2, -0.15) is 0 Å². The van der Waals surface area contributed by atoms with Crippen LogP contribution >= 0.6 is 11.3 Å². The van der Waals surface area contributed by atoms with Crippen molar-refractivity contribution in [3.8, 4) is 0 Å². The molecule has 1 heterocycles. The van der Waals surface area contributed by atoms with Crippen LogP contribution in [0.25, 0.3) is 0 Å². The zero-order valence-corrected chi connectivity index (χ0v) is 13.3. The molecule has 3 nitrogen and oxygen atoms in total. The predicted molar refractivity (Wildman–Crippen MR) is 84.1 cm³/mol. The fourth-order valence-corrected chi connectivity index (χ4v) is 3.81. The Kier molecular flexibility index (Phi) is 5.64. The summed E-state index contributed by atoms with van der Waals surface area (Å²) in [6.45, 7) is 5.32. The highest BCUT2D eigenvalue weighted by Crippen LogP contribution is 2.29. The Labute approximate surface area is 121 Å². The summed E-state index contributed by atoms with van der Waals surface area (Å²) >= 11 is 1.79. The second-order valence-corrected chi connectivity index (χ2v) is 6.43. The number of hydrogen-bond donors (Lipinski definition) is 1. The molecule has 1 aliphatic carbocycles. The maximum atomic E-state index is 4.82. The number of aromatic nitrogens is 1. The fourth-order valence-electron chi connectivity index (χ4n) is 2.85. The Morgan fingerprint density at radius 1 is 1.37 bits per heavy atom. The smallest absolute Gasteiger partial charge is 0.185 e. The lowest BCUT2D eigenvalue weighted by molar-refractivity contribution is 0.548. The summed E-state index contributed by atoms with van der Waals surface area (Å²) in [6.07, 6.45) is 8.22. The third-order valence-electron chi connectivity index (χ3n) is 4.14. The van der Waals surface area contributed by atoms with Gasteiger partial charge in [0.05, 0.1) is 5.69 Å². The van der Waals surface area contributed by atoms with E-state index in [0.29, 0.717) is 12.1 Å². The lowest BCUT2D eigenvalue weighted by Gasteiger charge is -2.26. The highest BCUT2D eigenvalue weighted by atomic mass is 32.1. The number of anilines is 1. The summed E-state index contributed by atoms with van der Waals surface area (Å²) in [4.78, 5) is 7.23. The van der Waals surface area contributed by atoms with Crippen LogP contribution in [0.4, 0.5) is 5.13 Å². The van der Waals surface area contributed by atoms with Crippen molar-refractivity contribution in [1.82, 2.24) is 10.3 Å². The molecule has 0 aliphatic heterocycles. The Balaban J connectivity index is 2.00. The van der Waals surface area contributed by atoms with Gasteiger partial charge in [0.25, 0.3) is 0 Å². The fraction of sp³-hybridized carbons (Fsp3) is 0.800. The van der Waals surface area contributed by atoms with E-state index in [-0.39, 0.29) is 0 Å². The first-order valence-corrected chi connectivity index (χ1v) is 8.52. The van der Waals surface area contributed by atoms with Crippen LogP contribution in [-0.4, -0.2) is 24.6 Å². The quantitative estimate of drug-likeness (QED) is 0.828. The van der Waals surface area contributed by atoms with Crippen LogP contribution in [0.2, 0.25) is 0 Å². The largest absolute Gasteiger partial charge is 0.348 e. The molecule has 0 saturated heterocycles. The van der Waals surface area contributed by atoms with Gasteiger partial charge in [0.1, 0.15) is 0 Å². The van der Waals surface area contributed by atoms with Gasteiger partial charge in [0.2, 0.25) is 0 Å². The van der Waals surface area contributed by atoms with E-state index in [4.69, 9.17) is 4.98 Å². The van der Waals surface area contributed by atoms with Crippen molar-refractivity contribution < 1.29 is 0 Å². The second-order valence-electron chi connectivity index (χ2n) is 5.59. The van der Waals surface area contributed by atoms with Crippen molar-refractivity contribution in [2.24, 2.45) is 0 Å². The van der Waals surface area contributed by atoms with E-state index in [2.05, 4.69) is 36.5 Å². The van der Waals surface area contributed by atoms with Gasteiger partial charge in [-0.1, -0.05) is 32.6 Å². The Hall–Kier alpha value is -0.610. The van der Waals surface area contributed by atoms with Crippen molar-refractivity contribution in [2.45, 2.75) is 64.5 Å². The molecule has 108 valence electrons. The van der Waals surface area contributed by atoms with Gasteiger partial charge in [-0.05, 0) is 26.3 Å². The molecule has 0 aromatic carbocycles. The van der Waals surface area contributed by atoms with Crippen LogP contribution in [0, 0.1) is 0 Å². The SMILES string of the molecule is CCNC(C)c1csc(N(C)C2CCCCCC2)n1. The Morgan fingerprint density at radius 3 is 2.68 bits per heavy atom. The number of nitrogens with zero attached hydrogens (tertiary/aromatic N) is 2. The maximum absolute atomic E-state index is 4.82. The lowest BCUT2D eigenvalue weighted by atomic mass is 10.1. The van der Waals surface area contributed by atoms with Gasteiger partial charge < -0.3 is 10.2 Å². The summed E-state index contributed by atoms with van der Waals surface area (Å²) in [5.74, 6) is 0. The van der Waals surface area contributed by atoms with Gasteiger partial charge in [-0.3, -0.25) is 0 Å². The predicted octanol–water partition coefficient (Wildman–Crippen LogP) is 3.97. The van der Waals surface area contributed by atoms with Gasteiger partial charge in [-0.15, -0.1) is 11.3 Å². The molecule has 1 saturated carbocycles. The number of rotatable bonds is 5. The molecule has 1 fully saturated rings. The monoisotopic (exact) mass is 281 g/mol. The van der Waals surface area contributed by atoms with Crippen LogP contribution in [0.15, 0.2) is 5.38 Å². The molecule has 1 aromatic rings. The third kappa shape index (κ3) is 3.93. The number of hydrogen-bond acceptors (Lipinski definition) is 4. The highest BCUT2D eigenvalue weighted by molar-refractivity contribution is 7.13. The Morgan fingerprint density at radius 2 is 2.05 bits per heavy atom. The van der Waals surface area contributed by atoms with Crippen LogP contribution in [0.5, 0.6) is 0 Å². The second kappa shape index (κ2) is 7.25. The standard InChI is InChI=1S/C15H27N3S/c1-4-16-12(2)14-11-19-15(17-14)18(3)13-9-7-5-6-8-10-13/h11-13,16H,4-10H2,1-3H3. The summed E-state index contributed by atoms with van der Waals surface area (Å²) in [5, 5.41) is 6.82. The first kappa shape index (κ1) is 14.8. The first-order valence-electron chi connectivity index (χ1n) is 7.64. The normalized spacial score (nSPS) is 19.1. The minimum absolute atomic E-state index is 0.359. The molecule has 4 heteroatoms. The first-order chi connectivity index (χ1) is 9.22. The topological polar surface area (TPSA) is 28.2 Å². The minimum Gasteiger partial charge on any atom is -0.348 e. The van der Waals surface area contributed by atoms with E-state index in [1.165, 1.54) is 49.4 Å². The zero-order chi connectivity index (χ0) is 13.7. The minimum atomic E-state index is 0.359. The van der Waals surface area contributed by atoms with Crippen molar-refractivity contribution in [3.05, 3.63) is 11.1 Å². The lowest BCUT2D eigenvalue weighted by Crippen LogP contribution is -2.31. The number of thiazole rings is 1. The molecule has 1 unspecified atom stereocenters. The summed E-state index contributed by atoms with van der Waals surface area (Å²) in [6, 6.07) is 1.05. The van der Waals surface area contributed by atoms with Crippen molar-refractivity contribution in [2.75, 3.05) is 18.5 Å². The summed E-state index contributed by atoms with van der Waals surface area (Å²) < 4.78 is 0. The van der Waals surface area contributed by atoms with Crippen LogP contribution in [-0.2, 0) is 0 Å². The molecule has 19 heavy (non-hydrogen) atoms. The van der Waals surface area contributed by atoms with E-state index < -0.39 is 0 Å². The molecular weight excluding hydrogens is 254 g/mol. The maximum Gasteiger partial charge on any atom is 0.185 e. The van der Waals surface area contributed by atoms with E-state index in [0.717, 1.165) is 6.54 Å². The van der Waals surface area contributed by atoms with Crippen molar-refractivity contribution >= 4 is 16.5 Å². The molecule has 2 rings (SSSR count). The third-order valence-corrected chi connectivity index (χ3v) is 5.09. The molecule has 0 radical (unpaired) electrons.